The molecule has 3 heteroatoms. The molecule has 0 saturated carbocycles. The lowest BCUT2D eigenvalue weighted by molar-refractivity contribution is 0.661. The van der Waals surface area contributed by atoms with Gasteiger partial charge in [0.2, 0.25) is 0 Å². The van der Waals surface area contributed by atoms with E-state index in [1.54, 1.807) is 0 Å². The van der Waals surface area contributed by atoms with Gasteiger partial charge in [0.15, 0.2) is 0 Å². The van der Waals surface area contributed by atoms with Crippen molar-refractivity contribution in [3.05, 3.63) is 157 Å². The maximum absolute atomic E-state index is 2.53. The van der Waals surface area contributed by atoms with Crippen LogP contribution in [0.5, 0.6) is 0 Å². The smallest absolute Gasteiger partial charge is 0.0561 e. The van der Waals surface area contributed by atoms with E-state index in [-0.39, 0.29) is 5.41 Å². The number of hydrogen-bond acceptors (Lipinski definition) is 1. The van der Waals surface area contributed by atoms with E-state index in [9.17, 15) is 0 Å². The minimum atomic E-state index is -0.0853. The highest BCUT2D eigenvalue weighted by atomic mass is 32.1. The molecule has 48 heavy (non-hydrogen) atoms. The van der Waals surface area contributed by atoms with Gasteiger partial charge in [0.05, 0.1) is 22.1 Å². The summed E-state index contributed by atoms with van der Waals surface area (Å²) in [7, 11) is 0. The molecule has 1 aliphatic carbocycles. The molecule has 0 saturated heterocycles. The van der Waals surface area contributed by atoms with Crippen LogP contribution in [-0.4, -0.2) is 9.13 Å². The van der Waals surface area contributed by atoms with E-state index in [4.69, 9.17) is 0 Å². The lowest BCUT2D eigenvalue weighted by Gasteiger charge is -2.21. The van der Waals surface area contributed by atoms with Crippen LogP contribution in [-0.2, 0) is 5.41 Å². The molecule has 0 spiro atoms. The lowest BCUT2D eigenvalue weighted by Crippen LogP contribution is -2.14. The first-order chi connectivity index (χ1) is 23.6. The summed E-state index contributed by atoms with van der Waals surface area (Å²) in [5.41, 5.74) is 12.7. The Morgan fingerprint density at radius 3 is 2.02 bits per heavy atom. The summed E-state index contributed by atoms with van der Waals surface area (Å²) in [6, 6.07) is 54.1. The quantitative estimate of drug-likeness (QED) is 0.180. The first-order valence-electron chi connectivity index (χ1n) is 16.7. The third kappa shape index (κ3) is 3.31. The van der Waals surface area contributed by atoms with Crippen LogP contribution in [0.3, 0.4) is 0 Å². The minimum absolute atomic E-state index is 0.0853. The maximum atomic E-state index is 2.53. The Kier molecular flexibility index (Phi) is 5.09. The Labute approximate surface area is 281 Å². The van der Waals surface area contributed by atoms with Crippen molar-refractivity contribution in [3.8, 4) is 22.5 Å². The Bertz CT molecular complexity index is 2970. The molecule has 0 aliphatic heterocycles. The average molecular weight is 631 g/mol. The third-order valence-corrected chi connectivity index (χ3v) is 12.1. The summed E-state index contributed by atoms with van der Waals surface area (Å²) < 4.78 is 7.65. The van der Waals surface area contributed by atoms with Crippen molar-refractivity contribution < 1.29 is 0 Å². The zero-order valence-corrected chi connectivity index (χ0v) is 27.5. The van der Waals surface area contributed by atoms with E-state index in [2.05, 4.69) is 169 Å². The number of fused-ring (bicyclic) bond motifs is 13. The predicted octanol–water partition coefficient (Wildman–Crippen LogP) is 12.6. The SMILES string of the molecule is CC1(C)c2ccccc2-c2cc3c4c5sc6ccccc6c5ccc4n(-c4ccc5c6ccccc6n(-c6ccccc6)c5c4)c3cc21. The van der Waals surface area contributed by atoms with Gasteiger partial charge in [-0.05, 0) is 76.9 Å². The summed E-state index contributed by atoms with van der Waals surface area (Å²) in [6.45, 7) is 4.76. The van der Waals surface area contributed by atoms with E-state index in [1.165, 1.54) is 97.4 Å². The van der Waals surface area contributed by atoms with Crippen molar-refractivity contribution in [3.63, 3.8) is 0 Å². The van der Waals surface area contributed by atoms with Crippen molar-refractivity contribution >= 4 is 75.1 Å². The van der Waals surface area contributed by atoms with Gasteiger partial charge in [0, 0.05) is 58.5 Å². The van der Waals surface area contributed by atoms with Crippen molar-refractivity contribution in [1.82, 2.24) is 9.13 Å². The molecule has 7 aromatic carbocycles. The maximum Gasteiger partial charge on any atom is 0.0561 e. The van der Waals surface area contributed by atoms with Gasteiger partial charge in [-0.1, -0.05) is 105 Å². The fourth-order valence-corrected chi connectivity index (χ4v) is 9.97. The van der Waals surface area contributed by atoms with Crippen LogP contribution in [0.1, 0.15) is 25.0 Å². The number of thiophene rings is 1. The Morgan fingerprint density at radius 2 is 1.12 bits per heavy atom. The van der Waals surface area contributed by atoms with Crippen LogP contribution in [0.4, 0.5) is 0 Å². The Balaban J connectivity index is 1.30. The molecular formula is C45H30N2S. The van der Waals surface area contributed by atoms with Crippen molar-refractivity contribution in [1.29, 1.82) is 0 Å². The van der Waals surface area contributed by atoms with Crippen molar-refractivity contribution in [2.24, 2.45) is 0 Å². The number of rotatable bonds is 2. The largest absolute Gasteiger partial charge is 0.309 e. The second-order valence-corrected chi connectivity index (χ2v) is 14.8. The normalized spacial score (nSPS) is 13.8. The molecule has 11 rings (SSSR count). The molecule has 0 bridgehead atoms. The van der Waals surface area contributed by atoms with E-state index in [1.807, 2.05) is 11.3 Å². The minimum Gasteiger partial charge on any atom is -0.309 e. The van der Waals surface area contributed by atoms with E-state index < -0.39 is 0 Å². The standard InChI is InChI=1S/C45H30N2S/c1-45(2)36-17-9-6-14-29(36)34-25-35-41(26-37(34)45)47(39-23-22-33-32-16-8-11-19-42(32)48-44(33)43(35)39)28-20-21-31-30-15-7-10-18-38(30)46(40(31)24-28)27-12-4-3-5-13-27/h3-26H,1-2H3. The molecule has 2 nitrogen and oxygen atoms in total. The Morgan fingerprint density at radius 1 is 0.438 bits per heavy atom. The van der Waals surface area contributed by atoms with Gasteiger partial charge in [0.1, 0.15) is 0 Å². The zero-order valence-electron chi connectivity index (χ0n) is 26.7. The van der Waals surface area contributed by atoms with E-state index in [0.717, 1.165) is 0 Å². The third-order valence-electron chi connectivity index (χ3n) is 10.9. The van der Waals surface area contributed by atoms with Crippen LogP contribution < -0.4 is 0 Å². The second kappa shape index (κ2) is 9.25. The summed E-state index contributed by atoms with van der Waals surface area (Å²) in [5, 5.41) is 7.87. The first-order valence-corrected chi connectivity index (χ1v) is 17.5. The predicted molar refractivity (Wildman–Crippen MR) is 206 cm³/mol. The molecule has 0 radical (unpaired) electrons. The highest BCUT2D eigenvalue weighted by molar-refractivity contribution is 7.26. The fourth-order valence-electron chi connectivity index (χ4n) is 8.71. The van der Waals surface area contributed by atoms with Gasteiger partial charge >= 0.3 is 0 Å². The molecule has 3 heterocycles. The van der Waals surface area contributed by atoms with Crippen LogP contribution in [0.25, 0.3) is 86.3 Å². The Hall–Kier alpha value is -5.64. The van der Waals surface area contributed by atoms with Gasteiger partial charge < -0.3 is 9.13 Å². The molecule has 0 unspecified atom stereocenters. The van der Waals surface area contributed by atoms with Gasteiger partial charge in [-0.25, -0.2) is 0 Å². The highest BCUT2D eigenvalue weighted by Gasteiger charge is 2.36. The molecule has 0 atom stereocenters. The number of benzene rings is 7. The fraction of sp³-hybridized carbons (Fsp3) is 0.0667. The lowest BCUT2D eigenvalue weighted by atomic mass is 9.82. The van der Waals surface area contributed by atoms with Crippen molar-refractivity contribution in [2.75, 3.05) is 0 Å². The van der Waals surface area contributed by atoms with Gasteiger partial charge in [0.25, 0.3) is 0 Å². The molecule has 226 valence electrons. The number of nitrogens with zero attached hydrogens (tertiary/aromatic N) is 2. The monoisotopic (exact) mass is 630 g/mol. The highest BCUT2D eigenvalue weighted by Crippen LogP contribution is 2.52. The van der Waals surface area contributed by atoms with E-state index >= 15 is 0 Å². The summed E-state index contributed by atoms with van der Waals surface area (Å²) in [5.74, 6) is 0. The van der Waals surface area contributed by atoms with Crippen LogP contribution in [0, 0.1) is 0 Å². The topological polar surface area (TPSA) is 9.86 Å². The van der Waals surface area contributed by atoms with Gasteiger partial charge in [-0.3, -0.25) is 0 Å². The van der Waals surface area contributed by atoms with Gasteiger partial charge in [-0.2, -0.15) is 0 Å². The summed E-state index contributed by atoms with van der Waals surface area (Å²) >= 11 is 1.92. The van der Waals surface area contributed by atoms with Gasteiger partial charge in [-0.15, -0.1) is 11.3 Å². The van der Waals surface area contributed by atoms with E-state index in [0.29, 0.717) is 0 Å². The van der Waals surface area contributed by atoms with Crippen molar-refractivity contribution in [2.45, 2.75) is 19.3 Å². The molecule has 1 aliphatic rings. The molecule has 10 aromatic rings. The zero-order chi connectivity index (χ0) is 31.7. The second-order valence-electron chi connectivity index (χ2n) is 13.7. The molecule has 0 amide bonds. The molecule has 3 aromatic heterocycles. The average Bonchev–Trinajstić information content (AvgIpc) is 3.83. The summed E-state index contributed by atoms with van der Waals surface area (Å²) in [4.78, 5) is 0. The number of hydrogen-bond donors (Lipinski definition) is 0. The van der Waals surface area contributed by atoms with Crippen LogP contribution in [0.15, 0.2) is 146 Å². The molecule has 0 N–H and O–H groups in total. The number of para-hydroxylation sites is 2. The first kappa shape index (κ1) is 26.4. The molecule has 0 fully saturated rings. The molecular weight excluding hydrogens is 601 g/mol. The van der Waals surface area contributed by atoms with Crippen LogP contribution in [0.2, 0.25) is 0 Å². The number of aromatic nitrogens is 2. The summed E-state index contributed by atoms with van der Waals surface area (Å²) in [6.07, 6.45) is 0. The van der Waals surface area contributed by atoms with Crippen LogP contribution >= 0.6 is 11.3 Å².